The van der Waals surface area contributed by atoms with E-state index in [0.29, 0.717) is 0 Å². The highest BCUT2D eigenvalue weighted by atomic mass is 35.5. The molecule has 2 atom stereocenters. The summed E-state index contributed by atoms with van der Waals surface area (Å²) in [6, 6.07) is 11.8. The van der Waals surface area contributed by atoms with Crippen molar-refractivity contribution >= 4 is 23.2 Å². The molecule has 0 aliphatic carbocycles. The van der Waals surface area contributed by atoms with Gasteiger partial charge in [-0.1, -0.05) is 41.4 Å². The molecule has 1 unspecified atom stereocenters. The van der Waals surface area contributed by atoms with Gasteiger partial charge in [-0.25, -0.2) is 0 Å². The van der Waals surface area contributed by atoms with Crippen LogP contribution in [-0.2, 0) is 11.3 Å². The summed E-state index contributed by atoms with van der Waals surface area (Å²) in [6.07, 6.45) is 0. The molecular formula is C20H26ClN2O+. The molecule has 0 aromatic heterocycles. The van der Waals surface area contributed by atoms with Gasteiger partial charge in [-0.05, 0) is 51.0 Å². The van der Waals surface area contributed by atoms with Gasteiger partial charge in [-0.3, -0.25) is 4.79 Å². The highest BCUT2D eigenvalue weighted by molar-refractivity contribution is 6.30. The topological polar surface area (TPSA) is 33.5 Å². The summed E-state index contributed by atoms with van der Waals surface area (Å²) in [4.78, 5) is 13.8. The van der Waals surface area contributed by atoms with Crippen LogP contribution in [0.1, 0.15) is 29.2 Å². The van der Waals surface area contributed by atoms with Crippen molar-refractivity contribution in [1.82, 2.24) is 0 Å². The molecule has 0 bridgehead atoms. The van der Waals surface area contributed by atoms with Gasteiger partial charge in [0.2, 0.25) is 0 Å². The number of carbonyl (C=O) groups excluding carboxylic acids is 1. The Bertz CT molecular complexity index is 719. The van der Waals surface area contributed by atoms with Crippen LogP contribution < -0.4 is 10.2 Å². The lowest BCUT2D eigenvalue weighted by Crippen LogP contribution is -3.12. The third kappa shape index (κ3) is 4.59. The number of likely N-dealkylation sites (N-methyl/N-ethyl adjacent to an activating group) is 1. The molecule has 128 valence electrons. The summed E-state index contributed by atoms with van der Waals surface area (Å²) in [6.45, 7) is 8.83. The van der Waals surface area contributed by atoms with Crippen LogP contribution in [0.3, 0.4) is 0 Å². The van der Waals surface area contributed by atoms with Gasteiger partial charge in [0.05, 0.1) is 7.05 Å². The fourth-order valence-corrected chi connectivity index (χ4v) is 3.17. The van der Waals surface area contributed by atoms with E-state index in [0.717, 1.165) is 38.8 Å². The summed E-state index contributed by atoms with van der Waals surface area (Å²) < 4.78 is 0. The lowest BCUT2D eigenvalue weighted by Gasteiger charge is -2.22. The average molecular weight is 346 g/mol. The quantitative estimate of drug-likeness (QED) is 0.856. The predicted octanol–water partition coefficient (Wildman–Crippen LogP) is 3.31. The molecule has 0 saturated heterocycles. The summed E-state index contributed by atoms with van der Waals surface area (Å²) in [7, 11) is 2.03. The number of benzene rings is 2. The van der Waals surface area contributed by atoms with Crippen LogP contribution in [0.5, 0.6) is 0 Å². The Morgan fingerprint density at radius 3 is 2.38 bits per heavy atom. The van der Waals surface area contributed by atoms with Crippen molar-refractivity contribution in [1.29, 1.82) is 0 Å². The van der Waals surface area contributed by atoms with Gasteiger partial charge in [0.15, 0.2) is 6.04 Å². The Hall–Kier alpha value is -1.84. The number of anilines is 1. The zero-order chi connectivity index (χ0) is 17.9. The van der Waals surface area contributed by atoms with Crippen molar-refractivity contribution in [3.05, 3.63) is 63.7 Å². The van der Waals surface area contributed by atoms with Crippen LogP contribution in [0, 0.1) is 20.8 Å². The maximum Gasteiger partial charge on any atom is 0.282 e. The number of carbonyl (C=O) groups is 1. The minimum Gasteiger partial charge on any atom is -0.324 e. The molecule has 0 radical (unpaired) electrons. The van der Waals surface area contributed by atoms with Crippen LogP contribution in [0.15, 0.2) is 36.4 Å². The molecule has 1 amide bonds. The highest BCUT2D eigenvalue weighted by Gasteiger charge is 2.23. The minimum absolute atomic E-state index is 0.0320. The second-order valence-electron chi connectivity index (χ2n) is 6.64. The van der Waals surface area contributed by atoms with E-state index in [1.165, 1.54) is 5.56 Å². The monoisotopic (exact) mass is 345 g/mol. The third-order valence-electron chi connectivity index (χ3n) is 4.43. The Labute approximate surface area is 149 Å². The molecule has 0 aliphatic heterocycles. The SMILES string of the molecule is Cc1cc(C)c(NC(=O)[C@@H](C)[NH+](C)Cc2cccc(Cl)c2)c(C)c1. The van der Waals surface area contributed by atoms with E-state index in [9.17, 15) is 4.79 Å². The van der Waals surface area contributed by atoms with Crippen LogP contribution >= 0.6 is 11.6 Å². The smallest absolute Gasteiger partial charge is 0.282 e. The third-order valence-corrected chi connectivity index (χ3v) is 4.66. The number of nitrogens with one attached hydrogen (secondary N) is 2. The van der Waals surface area contributed by atoms with Crippen LogP contribution in [-0.4, -0.2) is 19.0 Å². The number of halogens is 1. The summed E-state index contributed by atoms with van der Waals surface area (Å²) >= 11 is 6.04. The first-order valence-electron chi connectivity index (χ1n) is 8.23. The van der Waals surface area contributed by atoms with Crippen molar-refractivity contribution < 1.29 is 9.69 Å². The maximum absolute atomic E-state index is 12.6. The maximum atomic E-state index is 12.6. The normalized spacial score (nSPS) is 13.4. The largest absolute Gasteiger partial charge is 0.324 e. The van der Waals surface area contributed by atoms with Crippen molar-refractivity contribution in [2.45, 2.75) is 40.3 Å². The zero-order valence-electron chi connectivity index (χ0n) is 15.0. The van der Waals surface area contributed by atoms with Crippen LogP contribution in [0.2, 0.25) is 5.02 Å². The molecule has 4 heteroatoms. The molecule has 2 N–H and O–H groups in total. The Morgan fingerprint density at radius 1 is 1.17 bits per heavy atom. The molecule has 2 rings (SSSR count). The Kier molecular flexibility index (Phi) is 6.03. The molecule has 0 aliphatic rings. The molecule has 24 heavy (non-hydrogen) atoms. The van der Waals surface area contributed by atoms with E-state index in [4.69, 9.17) is 11.6 Å². The van der Waals surface area contributed by atoms with Gasteiger partial charge in [0, 0.05) is 16.3 Å². The average Bonchev–Trinajstić information content (AvgIpc) is 2.49. The van der Waals surface area contributed by atoms with Crippen molar-refractivity contribution in [3.63, 3.8) is 0 Å². The second kappa shape index (κ2) is 7.82. The van der Waals surface area contributed by atoms with Gasteiger partial charge in [-0.15, -0.1) is 0 Å². The fraction of sp³-hybridized carbons (Fsp3) is 0.350. The Morgan fingerprint density at radius 2 is 1.79 bits per heavy atom. The summed E-state index contributed by atoms with van der Waals surface area (Å²) in [5, 5.41) is 3.82. The zero-order valence-corrected chi connectivity index (χ0v) is 15.8. The van der Waals surface area contributed by atoms with Crippen molar-refractivity contribution in [2.24, 2.45) is 0 Å². The number of rotatable bonds is 5. The molecule has 0 heterocycles. The van der Waals surface area contributed by atoms with Gasteiger partial charge in [-0.2, -0.15) is 0 Å². The lowest BCUT2D eigenvalue weighted by atomic mass is 10.0. The van der Waals surface area contributed by atoms with E-state index in [1.807, 2.05) is 52.1 Å². The molecule has 2 aromatic rings. The number of quaternary nitrogens is 1. The Balaban J connectivity index is 2.06. The molecule has 0 fully saturated rings. The highest BCUT2D eigenvalue weighted by Crippen LogP contribution is 2.21. The van der Waals surface area contributed by atoms with E-state index in [1.54, 1.807) is 0 Å². The van der Waals surface area contributed by atoms with E-state index in [-0.39, 0.29) is 11.9 Å². The lowest BCUT2D eigenvalue weighted by molar-refractivity contribution is -0.907. The first-order valence-corrected chi connectivity index (χ1v) is 8.61. The predicted molar refractivity (Wildman–Crippen MR) is 101 cm³/mol. The fourth-order valence-electron chi connectivity index (χ4n) is 2.95. The van der Waals surface area contributed by atoms with Crippen LogP contribution in [0.25, 0.3) is 0 Å². The molecular weight excluding hydrogens is 320 g/mol. The molecule has 0 spiro atoms. The van der Waals surface area contributed by atoms with E-state index >= 15 is 0 Å². The number of hydrogen-bond donors (Lipinski definition) is 2. The van der Waals surface area contributed by atoms with Gasteiger partial charge in [0.1, 0.15) is 6.54 Å². The van der Waals surface area contributed by atoms with E-state index in [2.05, 4.69) is 24.4 Å². The van der Waals surface area contributed by atoms with Gasteiger partial charge >= 0.3 is 0 Å². The summed E-state index contributed by atoms with van der Waals surface area (Å²) in [5.41, 5.74) is 5.45. The molecule has 2 aromatic carbocycles. The van der Waals surface area contributed by atoms with Crippen LogP contribution in [0.4, 0.5) is 5.69 Å². The van der Waals surface area contributed by atoms with Gasteiger partial charge < -0.3 is 10.2 Å². The summed E-state index contributed by atoms with van der Waals surface area (Å²) in [5.74, 6) is 0.0320. The standard InChI is InChI=1S/C20H25ClN2O/c1-13-9-14(2)19(15(3)10-13)22-20(24)16(4)23(5)12-17-7-6-8-18(21)11-17/h6-11,16H,12H2,1-5H3,(H,22,24)/p+1/t16-/m1/s1. The first-order chi connectivity index (χ1) is 11.3. The van der Waals surface area contributed by atoms with Crippen molar-refractivity contribution in [3.8, 4) is 0 Å². The van der Waals surface area contributed by atoms with E-state index < -0.39 is 0 Å². The van der Waals surface area contributed by atoms with Crippen molar-refractivity contribution in [2.75, 3.05) is 12.4 Å². The molecule has 0 saturated carbocycles. The number of amides is 1. The second-order valence-corrected chi connectivity index (χ2v) is 7.07. The number of aryl methyl sites for hydroxylation is 3. The number of hydrogen-bond acceptors (Lipinski definition) is 1. The molecule has 3 nitrogen and oxygen atoms in total. The minimum atomic E-state index is -0.163. The van der Waals surface area contributed by atoms with Gasteiger partial charge in [0.25, 0.3) is 5.91 Å². The first kappa shape index (κ1) is 18.5.